The van der Waals surface area contributed by atoms with Crippen LogP contribution in [0.15, 0.2) is 53.5 Å². The van der Waals surface area contributed by atoms with Crippen molar-refractivity contribution in [3.63, 3.8) is 0 Å². The largest absolute Gasteiger partial charge is 0.497 e. The molecule has 3 rings (SSSR count). The topological polar surface area (TPSA) is 40.5 Å². The van der Waals surface area contributed by atoms with Crippen LogP contribution in [0, 0.1) is 6.92 Å². The number of aryl methyl sites for hydroxylation is 1. The van der Waals surface area contributed by atoms with Gasteiger partial charge in [-0.25, -0.2) is 0 Å². The second-order valence-electron chi connectivity index (χ2n) is 5.70. The van der Waals surface area contributed by atoms with Crippen molar-refractivity contribution in [1.82, 2.24) is 4.57 Å². The number of pyridine rings is 1. The van der Waals surface area contributed by atoms with Crippen molar-refractivity contribution in [3.05, 3.63) is 64.4 Å². The maximum atomic E-state index is 12.4. The summed E-state index contributed by atoms with van der Waals surface area (Å²) >= 11 is 0. The van der Waals surface area contributed by atoms with Crippen molar-refractivity contribution in [1.29, 1.82) is 0 Å². The summed E-state index contributed by atoms with van der Waals surface area (Å²) in [6, 6.07) is 13.2. The number of aromatic nitrogens is 1. The van der Waals surface area contributed by atoms with Crippen molar-refractivity contribution >= 4 is 10.9 Å². The molecular formula is C20H21NO3. The molecule has 4 heteroatoms. The van der Waals surface area contributed by atoms with E-state index >= 15 is 0 Å². The van der Waals surface area contributed by atoms with Crippen LogP contribution in [0.4, 0.5) is 0 Å². The zero-order valence-corrected chi connectivity index (χ0v) is 14.2. The molecule has 0 fully saturated rings. The van der Waals surface area contributed by atoms with Crippen LogP contribution in [0.3, 0.4) is 0 Å². The molecule has 2 aromatic carbocycles. The minimum atomic E-state index is 0.00853. The molecule has 0 saturated carbocycles. The Morgan fingerprint density at radius 1 is 1.04 bits per heavy atom. The molecule has 1 heterocycles. The van der Waals surface area contributed by atoms with Crippen LogP contribution >= 0.6 is 0 Å². The van der Waals surface area contributed by atoms with Crippen LogP contribution < -0.4 is 14.9 Å². The summed E-state index contributed by atoms with van der Waals surface area (Å²) in [5.74, 6) is 1.52. The van der Waals surface area contributed by atoms with E-state index < -0.39 is 0 Å². The summed E-state index contributed by atoms with van der Waals surface area (Å²) in [6.07, 6.45) is 2.71. The molecule has 0 amide bonds. The van der Waals surface area contributed by atoms with Gasteiger partial charge in [0.2, 0.25) is 0 Å². The lowest BCUT2D eigenvalue weighted by Gasteiger charge is -2.16. The molecule has 3 aromatic rings. The molecule has 24 heavy (non-hydrogen) atoms. The third kappa shape index (κ3) is 2.87. The molecule has 0 bridgehead atoms. The Balaban J connectivity index is 2.28. The van der Waals surface area contributed by atoms with Gasteiger partial charge in [0.1, 0.15) is 11.5 Å². The Labute approximate surface area is 141 Å². The average Bonchev–Trinajstić information content (AvgIpc) is 2.61. The maximum Gasteiger partial charge on any atom is 0.189 e. The van der Waals surface area contributed by atoms with E-state index in [2.05, 4.69) is 6.92 Å². The standard InChI is InChI=1S/C20H21NO3/c1-4-13-24-18-10-5-14(2)19-17(22)11-12-21(20(18)19)15-6-8-16(23-3)9-7-15/h5-12H,4,13H2,1-3H3. The monoisotopic (exact) mass is 323 g/mol. The van der Waals surface area contributed by atoms with Crippen LogP contribution in [0.2, 0.25) is 0 Å². The molecule has 0 spiro atoms. The summed E-state index contributed by atoms with van der Waals surface area (Å²) in [6.45, 7) is 4.63. The average molecular weight is 323 g/mol. The highest BCUT2D eigenvalue weighted by Crippen LogP contribution is 2.29. The number of nitrogens with zero attached hydrogens (tertiary/aromatic N) is 1. The Bertz CT molecular complexity index is 911. The fourth-order valence-corrected chi connectivity index (χ4v) is 2.81. The minimum Gasteiger partial charge on any atom is -0.497 e. The first kappa shape index (κ1) is 16.1. The Morgan fingerprint density at radius 2 is 1.79 bits per heavy atom. The van der Waals surface area contributed by atoms with E-state index in [4.69, 9.17) is 9.47 Å². The van der Waals surface area contributed by atoms with E-state index in [-0.39, 0.29) is 5.43 Å². The van der Waals surface area contributed by atoms with E-state index in [0.717, 1.165) is 34.7 Å². The quantitative estimate of drug-likeness (QED) is 0.710. The summed E-state index contributed by atoms with van der Waals surface area (Å²) in [5.41, 5.74) is 2.71. The lowest BCUT2D eigenvalue weighted by molar-refractivity contribution is 0.320. The lowest BCUT2D eigenvalue weighted by atomic mass is 10.1. The number of hydrogen-bond donors (Lipinski definition) is 0. The van der Waals surface area contributed by atoms with Gasteiger partial charge in [-0.2, -0.15) is 0 Å². The summed E-state index contributed by atoms with van der Waals surface area (Å²) in [5, 5.41) is 0.696. The van der Waals surface area contributed by atoms with E-state index in [1.165, 1.54) is 0 Å². The van der Waals surface area contributed by atoms with Crippen molar-refractivity contribution in [2.45, 2.75) is 20.3 Å². The molecule has 4 nitrogen and oxygen atoms in total. The molecule has 0 atom stereocenters. The smallest absolute Gasteiger partial charge is 0.189 e. The molecule has 0 aliphatic carbocycles. The molecule has 0 aliphatic heterocycles. The second-order valence-corrected chi connectivity index (χ2v) is 5.70. The van der Waals surface area contributed by atoms with Gasteiger partial charge in [-0.1, -0.05) is 13.0 Å². The fraction of sp³-hybridized carbons (Fsp3) is 0.250. The van der Waals surface area contributed by atoms with Gasteiger partial charge >= 0.3 is 0 Å². The Morgan fingerprint density at radius 3 is 2.46 bits per heavy atom. The molecule has 0 saturated heterocycles. The summed E-state index contributed by atoms with van der Waals surface area (Å²) < 4.78 is 13.1. The van der Waals surface area contributed by atoms with Gasteiger partial charge in [0.15, 0.2) is 5.43 Å². The van der Waals surface area contributed by atoms with Gasteiger partial charge in [-0.3, -0.25) is 4.79 Å². The van der Waals surface area contributed by atoms with E-state index in [1.54, 1.807) is 19.4 Å². The van der Waals surface area contributed by atoms with Crippen LogP contribution in [0.25, 0.3) is 16.6 Å². The van der Waals surface area contributed by atoms with Crippen LogP contribution in [-0.2, 0) is 0 Å². The number of fused-ring (bicyclic) bond motifs is 1. The molecule has 0 radical (unpaired) electrons. The number of hydrogen-bond acceptors (Lipinski definition) is 3. The van der Waals surface area contributed by atoms with Crippen molar-refractivity contribution in [2.24, 2.45) is 0 Å². The first-order valence-corrected chi connectivity index (χ1v) is 8.08. The lowest BCUT2D eigenvalue weighted by Crippen LogP contribution is -2.10. The van der Waals surface area contributed by atoms with E-state index in [0.29, 0.717) is 12.0 Å². The van der Waals surface area contributed by atoms with Gasteiger partial charge in [-0.15, -0.1) is 0 Å². The Kier molecular flexibility index (Phi) is 4.56. The van der Waals surface area contributed by atoms with Gasteiger partial charge in [0.25, 0.3) is 0 Å². The molecular weight excluding hydrogens is 302 g/mol. The third-order valence-electron chi connectivity index (χ3n) is 4.02. The zero-order chi connectivity index (χ0) is 17.1. The van der Waals surface area contributed by atoms with Gasteiger partial charge < -0.3 is 14.0 Å². The van der Waals surface area contributed by atoms with Gasteiger partial charge in [-0.05, 0) is 49.2 Å². The van der Waals surface area contributed by atoms with Gasteiger partial charge in [0, 0.05) is 18.0 Å². The molecule has 0 N–H and O–H groups in total. The SMILES string of the molecule is CCCOc1ccc(C)c2c(=O)ccn(-c3ccc(OC)cc3)c12. The predicted molar refractivity (Wildman–Crippen MR) is 96.6 cm³/mol. The summed E-state index contributed by atoms with van der Waals surface area (Å²) in [4.78, 5) is 12.4. The fourth-order valence-electron chi connectivity index (χ4n) is 2.81. The molecule has 0 unspecified atom stereocenters. The predicted octanol–water partition coefficient (Wildman–Crippen LogP) is 4.10. The second kappa shape index (κ2) is 6.79. The van der Waals surface area contributed by atoms with Crippen LogP contribution in [0.5, 0.6) is 11.5 Å². The van der Waals surface area contributed by atoms with E-state index in [9.17, 15) is 4.79 Å². The van der Waals surface area contributed by atoms with Crippen molar-refractivity contribution in [2.75, 3.05) is 13.7 Å². The van der Waals surface area contributed by atoms with Crippen LogP contribution in [0.1, 0.15) is 18.9 Å². The number of ether oxygens (including phenoxy) is 2. The van der Waals surface area contributed by atoms with Crippen molar-refractivity contribution in [3.8, 4) is 17.2 Å². The highest BCUT2D eigenvalue weighted by molar-refractivity contribution is 5.89. The van der Waals surface area contributed by atoms with Gasteiger partial charge in [0.05, 0.1) is 24.6 Å². The normalized spacial score (nSPS) is 10.8. The first-order chi connectivity index (χ1) is 11.7. The molecule has 124 valence electrons. The first-order valence-electron chi connectivity index (χ1n) is 8.08. The number of methoxy groups -OCH3 is 1. The van der Waals surface area contributed by atoms with Crippen LogP contribution in [-0.4, -0.2) is 18.3 Å². The summed E-state index contributed by atoms with van der Waals surface area (Å²) in [7, 11) is 1.64. The maximum absolute atomic E-state index is 12.4. The zero-order valence-electron chi connectivity index (χ0n) is 14.2. The molecule has 0 aliphatic rings. The minimum absolute atomic E-state index is 0.00853. The number of benzene rings is 2. The molecule has 1 aromatic heterocycles. The Hall–Kier alpha value is -2.75. The highest BCUT2D eigenvalue weighted by atomic mass is 16.5. The van der Waals surface area contributed by atoms with Crippen molar-refractivity contribution < 1.29 is 9.47 Å². The van der Waals surface area contributed by atoms with E-state index in [1.807, 2.05) is 47.9 Å². The number of rotatable bonds is 5. The third-order valence-corrected chi connectivity index (χ3v) is 4.02. The highest BCUT2D eigenvalue weighted by Gasteiger charge is 2.13.